The lowest BCUT2D eigenvalue weighted by atomic mass is 10.1. The molecular formula is C15H23NO2. The van der Waals surface area contributed by atoms with E-state index in [0.29, 0.717) is 6.61 Å². The van der Waals surface area contributed by atoms with Crippen molar-refractivity contribution in [1.29, 1.82) is 0 Å². The van der Waals surface area contributed by atoms with E-state index in [9.17, 15) is 0 Å². The summed E-state index contributed by atoms with van der Waals surface area (Å²) in [6.07, 6.45) is 5.97. The SMILES string of the molecule is CCOc1cccc(OC2CCCCCC2N)c1. The number of ether oxygens (including phenoxy) is 2. The molecule has 2 unspecified atom stereocenters. The molecule has 0 aliphatic heterocycles. The zero-order valence-corrected chi connectivity index (χ0v) is 11.1. The zero-order valence-electron chi connectivity index (χ0n) is 11.1. The van der Waals surface area contributed by atoms with Crippen molar-refractivity contribution in [1.82, 2.24) is 0 Å². The van der Waals surface area contributed by atoms with E-state index in [4.69, 9.17) is 15.2 Å². The Morgan fingerprint density at radius 1 is 1.17 bits per heavy atom. The van der Waals surface area contributed by atoms with E-state index in [1.165, 1.54) is 19.3 Å². The van der Waals surface area contributed by atoms with Crippen LogP contribution in [0.15, 0.2) is 24.3 Å². The van der Waals surface area contributed by atoms with Gasteiger partial charge in [-0.3, -0.25) is 0 Å². The predicted octanol–water partition coefficient (Wildman–Crippen LogP) is 3.12. The van der Waals surface area contributed by atoms with Gasteiger partial charge in [0, 0.05) is 12.1 Å². The largest absolute Gasteiger partial charge is 0.494 e. The number of hydrogen-bond acceptors (Lipinski definition) is 3. The molecule has 18 heavy (non-hydrogen) atoms. The second kappa shape index (κ2) is 6.64. The normalized spacial score (nSPS) is 24.3. The van der Waals surface area contributed by atoms with E-state index in [1.54, 1.807) is 0 Å². The third kappa shape index (κ3) is 3.64. The highest BCUT2D eigenvalue weighted by atomic mass is 16.5. The first kappa shape index (κ1) is 13.2. The average molecular weight is 249 g/mol. The third-order valence-electron chi connectivity index (χ3n) is 3.41. The molecule has 1 saturated carbocycles. The molecule has 3 nitrogen and oxygen atoms in total. The highest BCUT2D eigenvalue weighted by Crippen LogP contribution is 2.25. The average Bonchev–Trinajstić information content (AvgIpc) is 2.56. The van der Waals surface area contributed by atoms with Crippen LogP contribution in [-0.4, -0.2) is 18.8 Å². The van der Waals surface area contributed by atoms with Crippen molar-refractivity contribution >= 4 is 0 Å². The first-order chi connectivity index (χ1) is 8.79. The molecule has 1 fully saturated rings. The van der Waals surface area contributed by atoms with Crippen LogP contribution in [0.5, 0.6) is 11.5 Å². The molecule has 0 heterocycles. The van der Waals surface area contributed by atoms with E-state index < -0.39 is 0 Å². The number of benzene rings is 1. The number of rotatable bonds is 4. The summed E-state index contributed by atoms with van der Waals surface area (Å²) in [7, 11) is 0. The van der Waals surface area contributed by atoms with Crippen molar-refractivity contribution in [3.8, 4) is 11.5 Å². The lowest BCUT2D eigenvalue weighted by Gasteiger charge is -2.23. The van der Waals surface area contributed by atoms with Gasteiger partial charge in [0.05, 0.1) is 6.61 Å². The molecule has 2 atom stereocenters. The fraction of sp³-hybridized carbons (Fsp3) is 0.600. The predicted molar refractivity (Wildman–Crippen MR) is 73.1 cm³/mol. The molecule has 100 valence electrons. The summed E-state index contributed by atoms with van der Waals surface area (Å²) in [5.74, 6) is 1.72. The van der Waals surface area contributed by atoms with Gasteiger partial charge in [0.2, 0.25) is 0 Å². The maximum atomic E-state index is 6.17. The molecule has 0 aromatic heterocycles. The van der Waals surface area contributed by atoms with E-state index in [2.05, 4.69) is 0 Å². The van der Waals surface area contributed by atoms with Crippen LogP contribution < -0.4 is 15.2 Å². The van der Waals surface area contributed by atoms with Gasteiger partial charge in [-0.15, -0.1) is 0 Å². The molecule has 0 bridgehead atoms. The van der Waals surface area contributed by atoms with Gasteiger partial charge < -0.3 is 15.2 Å². The Balaban J connectivity index is 2.00. The molecule has 0 amide bonds. The quantitative estimate of drug-likeness (QED) is 0.834. The van der Waals surface area contributed by atoms with Gasteiger partial charge in [-0.1, -0.05) is 18.9 Å². The maximum absolute atomic E-state index is 6.17. The monoisotopic (exact) mass is 249 g/mol. The first-order valence-corrected chi connectivity index (χ1v) is 6.94. The van der Waals surface area contributed by atoms with E-state index in [-0.39, 0.29) is 12.1 Å². The minimum Gasteiger partial charge on any atom is -0.494 e. The summed E-state index contributed by atoms with van der Waals surface area (Å²) in [6, 6.07) is 7.98. The van der Waals surface area contributed by atoms with Crippen molar-refractivity contribution in [2.75, 3.05) is 6.61 Å². The molecule has 2 N–H and O–H groups in total. The van der Waals surface area contributed by atoms with E-state index in [1.807, 2.05) is 31.2 Å². The van der Waals surface area contributed by atoms with Crippen LogP contribution in [0, 0.1) is 0 Å². The van der Waals surface area contributed by atoms with Crippen LogP contribution in [0.3, 0.4) is 0 Å². The van der Waals surface area contributed by atoms with E-state index >= 15 is 0 Å². The van der Waals surface area contributed by atoms with Crippen molar-refractivity contribution in [3.63, 3.8) is 0 Å². The molecule has 1 aromatic rings. The van der Waals surface area contributed by atoms with Gasteiger partial charge in [-0.05, 0) is 38.3 Å². The molecule has 2 rings (SSSR count). The molecule has 0 spiro atoms. The Bertz CT molecular complexity index is 367. The van der Waals surface area contributed by atoms with Gasteiger partial charge in [-0.25, -0.2) is 0 Å². The molecule has 0 radical (unpaired) electrons. The zero-order chi connectivity index (χ0) is 12.8. The third-order valence-corrected chi connectivity index (χ3v) is 3.41. The lowest BCUT2D eigenvalue weighted by molar-refractivity contribution is 0.162. The molecule has 1 aliphatic rings. The van der Waals surface area contributed by atoms with Crippen LogP contribution in [-0.2, 0) is 0 Å². The van der Waals surface area contributed by atoms with Gasteiger partial charge in [0.1, 0.15) is 17.6 Å². The Morgan fingerprint density at radius 3 is 2.78 bits per heavy atom. The van der Waals surface area contributed by atoms with Gasteiger partial charge in [-0.2, -0.15) is 0 Å². The Labute approximate surface area is 109 Å². The summed E-state index contributed by atoms with van der Waals surface area (Å²) in [5.41, 5.74) is 6.17. The van der Waals surface area contributed by atoms with Gasteiger partial charge >= 0.3 is 0 Å². The lowest BCUT2D eigenvalue weighted by Crippen LogP contribution is -2.37. The van der Waals surface area contributed by atoms with Crippen molar-refractivity contribution in [2.24, 2.45) is 5.73 Å². The van der Waals surface area contributed by atoms with Gasteiger partial charge in [0.15, 0.2) is 0 Å². The summed E-state index contributed by atoms with van der Waals surface area (Å²) >= 11 is 0. The van der Waals surface area contributed by atoms with Crippen LogP contribution in [0.1, 0.15) is 39.0 Å². The second-order valence-corrected chi connectivity index (χ2v) is 4.87. The highest BCUT2D eigenvalue weighted by Gasteiger charge is 2.21. The first-order valence-electron chi connectivity index (χ1n) is 6.94. The van der Waals surface area contributed by atoms with Crippen LogP contribution >= 0.6 is 0 Å². The number of nitrogens with two attached hydrogens (primary N) is 1. The van der Waals surface area contributed by atoms with Crippen LogP contribution in [0.25, 0.3) is 0 Å². The molecular weight excluding hydrogens is 226 g/mol. The smallest absolute Gasteiger partial charge is 0.123 e. The summed E-state index contributed by atoms with van der Waals surface area (Å²) in [6.45, 7) is 2.65. The molecule has 3 heteroatoms. The summed E-state index contributed by atoms with van der Waals surface area (Å²) in [5, 5.41) is 0. The van der Waals surface area contributed by atoms with Gasteiger partial charge in [0.25, 0.3) is 0 Å². The molecule has 1 aliphatic carbocycles. The Kier molecular flexibility index (Phi) is 4.88. The molecule has 1 aromatic carbocycles. The minimum absolute atomic E-state index is 0.143. The number of hydrogen-bond donors (Lipinski definition) is 1. The van der Waals surface area contributed by atoms with Crippen molar-refractivity contribution in [3.05, 3.63) is 24.3 Å². The standard InChI is InChI=1S/C15H23NO2/c1-2-17-12-7-6-8-13(11-12)18-15-10-5-3-4-9-14(15)16/h6-8,11,14-15H,2-5,9-10,16H2,1H3. The maximum Gasteiger partial charge on any atom is 0.123 e. The minimum atomic E-state index is 0.143. The van der Waals surface area contributed by atoms with Crippen molar-refractivity contribution in [2.45, 2.75) is 51.2 Å². The topological polar surface area (TPSA) is 44.5 Å². The fourth-order valence-corrected chi connectivity index (χ4v) is 2.43. The Hall–Kier alpha value is -1.22. The molecule has 0 saturated heterocycles. The fourth-order valence-electron chi connectivity index (χ4n) is 2.43. The van der Waals surface area contributed by atoms with Crippen LogP contribution in [0.2, 0.25) is 0 Å². The highest BCUT2D eigenvalue weighted by molar-refractivity contribution is 5.33. The van der Waals surface area contributed by atoms with Crippen LogP contribution in [0.4, 0.5) is 0 Å². The van der Waals surface area contributed by atoms with E-state index in [0.717, 1.165) is 24.3 Å². The second-order valence-electron chi connectivity index (χ2n) is 4.87. The summed E-state index contributed by atoms with van der Waals surface area (Å²) < 4.78 is 11.5. The Morgan fingerprint density at radius 2 is 1.94 bits per heavy atom. The summed E-state index contributed by atoms with van der Waals surface area (Å²) in [4.78, 5) is 0. The van der Waals surface area contributed by atoms with Crippen molar-refractivity contribution < 1.29 is 9.47 Å².